The maximum absolute atomic E-state index is 8.56. The Morgan fingerprint density at radius 1 is 0.957 bits per heavy atom. The Labute approximate surface area is 152 Å². The summed E-state index contributed by atoms with van der Waals surface area (Å²) in [4.78, 5) is 9.02. The molecule has 5 heteroatoms. The summed E-state index contributed by atoms with van der Waals surface area (Å²) in [5.74, 6) is 0. The van der Waals surface area contributed by atoms with Crippen molar-refractivity contribution < 1.29 is 30.3 Å². The topological polar surface area (TPSA) is 66.2 Å². The molecule has 0 aliphatic rings. The predicted molar refractivity (Wildman–Crippen MR) is 88.5 cm³/mol. The fourth-order valence-electron chi connectivity index (χ4n) is 2.00. The van der Waals surface area contributed by atoms with Crippen molar-refractivity contribution in [3.63, 3.8) is 0 Å². The second-order valence-corrected chi connectivity index (χ2v) is 5.54. The van der Waals surface area contributed by atoms with Gasteiger partial charge in [0.05, 0.1) is 17.9 Å². The molecule has 0 spiro atoms. The number of aliphatic hydroxyl groups is 2. The summed E-state index contributed by atoms with van der Waals surface area (Å²) in [6.45, 7) is 9.26. The first-order valence-corrected chi connectivity index (χ1v) is 7.46. The van der Waals surface area contributed by atoms with Crippen molar-refractivity contribution in [3.05, 3.63) is 47.4 Å². The van der Waals surface area contributed by atoms with E-state index in [0.717, 1.165) is 28.3 Å². The zero-order valence-electron chi connectivity index (χ0n) is 14.3. The second kappa shape index (κ2) is 10.6. The van der Waals surface area contributed by atoms with Crippen molar-refractivity contribution in [1.29, 1.82) is 0 Å². The van der Waals surface area contributed by atoms with Crippen LogP contribution in [-0.4, -0.2) is 32.4 Å². The van der Waals surface area contributed by atoms with Gasteiger partial charge in [0, 0.05) is 37.2 Å². The van der Waals surface area contributed by atoms with Crippen LogP contribution in [0.3, 0.4) is 0 Å². The van der Waals surface area contributed by atoms with Crippen LogP contribution in [0, 0.1) is 26.8 Å². The van der Waals surface area contributed by atoms with E-state index in [1.54, 1.807) is 13.8 Å². The number of benzene rings is 1. The molecule has 0 aliphatic carbocycles. The summed E-state index contributed by atoms with van der Waals surface area (Å²) in [5, 5.41) is 17.1. The summed E-state index contributed by atoms with van der Waals surface area (Å²) in [6.07, 6.45) is -0.278. The Bertz CT molecular complexity index is 581. The minimum absolute atomic E-state index is 0. The van der Waals surface area contributed by atoms with Crippen LogP contribution in [0.2, 0.25) is 0 Å². The largest absolute Gasteiger partial charge is 0.393 e. The summed E-state index contributed by atoms with van der Waals surface area (Å²) >= 11 is 0. The van der Waals surface area contributed by atoms with Crippen molar-refractivity contribution in [2.75, 3.05) is 0 Å². The molecule has 2 atom stereocenters. The number of nitrogens with zero attached hydrogens (tertiary/aromatic N) is 2. The number of rotatable bonds is 3. The monoisotopic (exact) mass is 494 g/mol. The maximum atomic E-state index is 8.56. The molecule has 2 rings (SSSR count). The van der Waals surface area contributed by atoms with Crippen LogP contribution >= 0.6 is 0 Å². The van der Waals surface area contributed by atoms with Crippen LogP contribution in [0.5, 0.6) is 0 Å². The molecule has 0 fully saturated rings. The van der Waals surface area contributed by atoms with E-state index < -0.39 is 0 Å². The van der Waals surface area contributed by atoms with Gasteiger partial charge in [0.25, 0.3) is 0 Å². The normalized spacial score (nSPS) is 12.5. The quantitative estimate of drug-likeness (QED) is 0.646. The van der Waals surface area contributed by atoms with Crippen LogP contribution in [-0.2, 0) is 20.1 Å². The van der Waals surface area contributed by atoms with Gasteiger partial charge in [-0.3, -0.25) is 9.97 Å². The molecule has 2 unspecified atom stereocenters. The van der Waals surface area contributed by atoms with Gasteiger partial charge in [-0.15, -0.1) is 35.9 Å². The molecule has 0 saturated carbocycles. The summed E-state index contributed by atoms with van der Waals surface area (Å²) < 4.78 is 0. The molecule has 1 heterocycles. The zero-order chi connectivity index (χ0) is 16.7. The van der Waals surface area contributed by atoms with Gasteiger partial charge in [-0.2, -0.15) is 0 Å². The molecule has 0 amide bonds. The Balaban J connectivity index is 0.000000522. The average Bonchev–Trinajstić information content (AvgIpc) is 2.43. The molecule has 4 nitrogen and oxygen atoms in total. The number of aryl methyl sites for hydroxylation is 3. The second-order valence-electron chi connectivity index (χ2n) is 5.54. The number of aromatic nitrogens is 2. The number of aliphatic hydroxyl groups excluding tert-OH is 2. The number of hydrogen-bond donors (Lipinski definition) is 2. The third kappa shape index (κ3) is 7.80. The van der Waals surface area contributed by atoms with Crippen molar-refractivity contribution in [1.82, 2.24) is 9.97 Å². The van der Waals surface area contributed by atoms with E-state index in [0.29, 0.717) is 6.42 Å². The first kappa shape index (κ1) is 21.9. The van der Waals surface area contributed by atoms with E-state index in [2.05, 4.69) is 16.0 Å². The molecule has 0 aliphatic heterocycles. The molecule has 1 aromatic heterocycles. The molecule has 0 saturated heterocycles. The molecule has 1 radical (unpaired) electrons. The van der Waals surface area contributed by atoms with E-state index in [4.69, 9.17) is 10.2 Å². The van der Waals surface area contributed by atoms with Crippen molar-refractivity contribution in [2.45, 2.75) is 53.2 Å². The molecule has 1 aromatic carbocycles. The van der Waals surface area contributed by atoms with E-state index in [9.17, 15) is 0 Å². The van der Waals surface area contributed by atoms with Gasteiger partial charge >= 0.3 is 0 Å². The van der Waals surface area contributed by atoms with Gasteiger partial charge in [-0.25, -0.2) is 0 Å². The standard InChI is InChI=1S/C13H13N2.C5H12O2.Ir/c1-9-10(2)15-13(11(3)14-9)12-7-5-4-6-8-12;1-4(6)3-5(2)7;/h4-7H,1-3H3;4-7H,3H2,1-2H3;/q-1;;. The van der Waals surface area contributed by atoms with Crippen molar-refractivity contribution in [2.24, 2.45) is 0 Å². The van der Waals surface area contributed by atoms with Crippen LogP contribution in [0.4, 0.5) is 0 Å². The van der Waals surface area contributed by atoms with Crippen molar-refractivity contribution in [3.8, 4) is 11.3 Å². The minimum Gasteiger partial charge on any atom is -0.393 e. The Hall–Kier alpha value is -1.13. The first-order chi connectivity index (χ1) is 10.3. The van der Waals surface area contributed by atoms with Crippen LogP contribution < -0.4 is 0 Å². The number of hydrogen-bond acceptors (Lipinski definition) is 4. The van der Waals surface area contributed by atoms with Gasteiger partial charge in [0.15, 0.2) is 0 Å². The molecule has 23 heavy (non-hydrogen) atoms. The van der Waals surface area contributed by atoms with Crippen LogP contribution in [0.15, 0.2) is 24.3 Å². The fourth-order valence-corrected chi connectivity index (χ4v) is 2.00. The SMILES string of the molecule is CC(O)CC(C)O.Cc1nc(C)c(-c2[c-]cccc2)nc1C.[Ir]. The zero-order valence-corrected chi connectivity index (χ0v) is 16.7. The average molecular weight is 494 g/mol. The minimum atomic E-state index is -0.375. The first-order valence-electron chi connectivity index (χ1n) is 7.46. The van der Waals surface area contributed by atoms with Gasteiger partial charge in [0.1, 0.15) is 0 Å². The molecule has 0 bridgehead atoms. The van der Waals surface area contributed by atoms with Crippen LogP contribution in [0.1, 0.15) is 37.4 Å². The summed E-state index contributed by atoms with van der Waals surface area (Å²) in [5.41, 5.74) is 4.87. The van der Waals surface area contributed by atoms with Crippen molar-refractivity contribution >= 4 is 0 Å². The van der Waals surface area contributed by atoms with E-state index in [1.807, 2.05) is 45.0 Å². The molecular weight excluding hydrogens is 468 g/mol. The maximum Gasteiger partial charge on any atom is 0.0569 e. The Morgan fingerprint density at radius 2 is 1.52 bits per heavy atom. The predicted octanol–water partition coefficient (Wildman–Crippen LogP) is 3.00. The van der Waals surface area contributed by atoms with Gasteiger partial charge in [-0.05, 0) is 41.0 Å². The third-order valence-electron chi connectivity index (χ3n) is 3.13. The van der Waals surface area contributed by atoms with E-state index >= 15 is 0 Å². The molecule has 2 N–H and O–H groups in total. The third-order valence-corrected chi connectivity index (χ3v) is 3.13. The smallest absolute Gasteiger partial charge is 0.0569 e. The molecular formula is C18H25IrN2O2-. The van der Waals surface area contributed by atoms with Gasteiger partial charge in [0.2, 0.25) is 0 Å². The Morgan fingerprint density at radius 3 is 1.96 bits per heavy atom. The molecule has 129 valence electrons. The summed E-state index contributed by atoms with van der Waals surface area (Å²) in [7, 11) is 0. The van der Waals surface area contributed by atoms with Crippen LogP contribution in [0.25, 0.3) is 11.3 Å². The fraction of sp³-hybridized carbons (Fsp3) is 0.444. The summed E-state index contributed by atoms with van der Waals surface area (Å²) in [6, 6.07) is 11.0. The van der Waals surface area contributed by atoms with Gasteiger partial charge in [-0.1, -0.05) is 0 Å². The van der Waals surface area contributed by atoms with E-state index in [-0.39, 0.29) is 32.3 Å². The molecule has 2 aromatic rings. The van der Waals surface area contributed by atoms with Gasteiger partial charge < -0.3 is 10.2 Å². The Kier molecular flexibility index (Phi) is 10.1. The van der Waals surface area contributed by atoms with E-state index in [1.165, 1.54) is 0 Å².